The smallest absolute Gasteiger partial charge is 0.0398 e. The fraction of sp³-hybridized carbons (Fsp3) is 0.424. The van der Waals surface area contributed by atoms with Crippen LogP contribution >= 0.6 is 0 Å². The second-order valence-corrected chi connectivity index (χ2v) is 24.0. The van der Waals surface area contributed by atoms with Gasteiger partial charge in [0, 0.05) is 0 Å². The Kier molecular flexibility index (Phi) is 13.1. The van der Waals surface area contributed by atoms with E-state index in [2.05, 4.69) is 49.8 Å². The molecular weight excluding hydrogens is 666 g/mol. The average molecular weight is 707 g/mol. The summed E-state index contributed by atoms with van der Waals surface area (Å²) in [6, 6.07) is 13.9. The molecule has 0 unspecified atom stereocenters. The van der Waals surface area contributed by atoms with Gasteiger partial charge in [0.15, 0.2) is 0 Å². The van der Waals surface area contributed by atoms with E-state index in [1.807, 2.05) is 24.4 Å². The van der Waals surface area contributed by atoms with Gasteiger partial charge < -0.3 is 0 Å². The summed E-state index contributed by atoms with van der Waals surface area (Å²) in [5, 5.41) is 0. The van der Waals surface area contributed by atoms with Gasteiger partial charge in [0.1, 0.15) is 0 Å². The summed E-state index contributed by atoms with van der Waals surface area (Å²) in [4.78, 5) is 12.8. The maximum Gasteiger partial charge on any atom is -0.0398 e. The molecule has 0 fully saturated rings. The van der Waals surface area contributed by atoms with Crippen molar-refractivity contribution in [3.05, 3.63) is 90.0 Å². The summed E-state index contributed by atoms with van der Waals surface area (Å²) in [7, 11) is 0. The van der Waals surface area contributed by atoms with Gasteiger partial charge in [-0.1, -0.05) is 35.9 Å². The second-order valence-electron chi connectivity index (χ2n) is 11.0. The Morgan fingerprint density at radius 1 is 0.767 bits per heavy atom. The molecule has 4 nitrogen and oxygen atoms in total. The molecule has 0 spiro atoms. The van der Waals surface area contributed by atoms with E-state index in [9.17, 15) is 22.0 Å². The molecule has 0 bridgehead atoms. The van der Waals surface area contributed by atoms with E-state index in [1.54, 1.807) is 0 Å². The third-order valence-electron chi connectivity index (χ3n) is 7.54. The predicted octanol–water partition coefficient (Wildman–Crippen LogP) is 9.68. The van der Waals surface area contributed by atoms with Gasteiger partial charge >= 0.3 is 214 Å². The van der Waals surface area contributed by atoms with E-state index in [4.69, 9.17) is 4.98 Å². The summed E-state index contributed by atoms with van der Waals surface area (Å²) < 4.78 is 74.3. The molecule has 0 atom stereocenters. The number of benzene rings is 2. The Labute approximate surface area is 255 Å². The fourth-order valence-electron chi connectivity index (χ4n) is 5.04. The van der Waals surface area contributed by atoms with Crippen LogP contribution in [-0.2, 0) is 6.18 Å². The Balaban J connectivity index is 0.000000633. The van der Waals surface area contributed by atoms with E-state index < -0.39 is 41.9 Å². The van der Waals surface area contributed by atoms with E-state index in [1.165, 1.54) is 22.5 Å². The van der Waals surface area contributed by atoms with Gasteiger partial charge in [0.05, 0.1) is 0 Å². The van der Waals surface area contributed by atoms with Crippen molar-refractivity contribution in [3.63, 3.8) is 0 Å². The van der Waals surface area contributed by atoms with Crippen LogP contribution in [0.4, 0.5) is 22.0 Å². The van der Waals surface area contributed by atoms with Gasteiger partial charge in [-0.05, 0) is 6.92 Å². The molecule has 4 rings (SSSR count). The van der Waals surface area contributed by atoms with Crippen LogP contribution in [0.2, 0.25) is 13.3 Å². The monoisotopic (exact) mass is 708 g/mol. The number of hydrogen-bond donors (Lipinski definition) is 0. The van der Waals surface area contributed by atoms with Gasteiger partial charge in [-0.3, -0.25) is 0 Å². The van der Waals surface area contributed by atoms with Crippen molar-refractivity contribution < 1.29 is 22.0 Å². The summed E-state index contributed by atoms with van der Waals surface area (Å²) in [6.45, 7) is 8.60. The molecule has 0 amide bonds. The standard InChI is InChI=1S/C14H6F5N4.C7H8.3C4H9.Sn/c15-9-2-1-8(5-10(9)16)11-6-12(14(17,18)19)22-13(21-11)23-4-3-20-7-23;1-7-5-3-2-4-6-7;3*1-3-4-2;/h1-2,4-7H;2-6H,1H3;3*1,3-4H2,2H3;. The van der Waals surface area contributed by atoms with Crippen molar-refractivity contribution in [3.8, 4) is 17.2 Å². The molecule has 0 aliphatic rings. The van der Waals surface area contributed by atoms with E-state index in [0.29, 0.717) is 0 Å². The molecule has 4 aromatic rings. The van der Waals surface area contributed by atoms with Crippen LogP contribution in [0.25, 0.3) is 17.2 Å². The third-order valence-corrected chi connectivity index (χ3v) is 22.6. The topological polar surface area (TPSA) is 43.6 Å². The van der Waals surface area contributed by atoms with Crippen molar-refractivity contribution in [2.75, 3.05) is 0 Å². The molecule has 232 valence electrons. The molecule has 2 aromatic carbocycles. The van der Waals surface area contributed by atoms with Crippen molar-refractivity contribution in [2.45, 2.75) is 85.7 Å². The van der Waals surface area contributed by atoms with Crippen LogP contribution in [0.5, 0.6) is 0 Å². The molecule has 0 saturated heterocycles. The van der Waals surface area contributed by atoms with Crippen molar-refractivity contribution >= 4 is 22.1 Å². The van der Waals surface area contributed by atoms with Crippen molar-refractivity contribution in [1.29, 1.82) is 0 Å². The largest absolute Gasteiger partial charge is 0.0622 e. The average Bonchev–Trinajstić information content (AvgIpc) is 3.50. The van der Waals surface area contributed by atoms with Crippen LogP contribution in [0.3, 0.4) is 0 Å². The van der Waals surface area contributed by atoms with Crippen LogP contribution in [0, 0.1) is 18.6 Å². The number of halogens is 5. The summed E-state index contributed by atoms with van der Waals surface area (Å²) in [5.41, 5.74) is 0.0626. The molecule has 2 aromatic heterocycles. The Morgan fingerprint density at radius 2 is 1.37 bits per heavy atom. The minimum atomic E-state index is -4.74. The second kappa shape index (κ2) is 16.3. The number of aryl methyl sites for hydroxylation is 1. The maximum atomic E-state index is 13.8. The quantitative estimate of drug-likeness (QED) is 0.109. The van der Waals surface area contributed by atoms with Gasteiger partial charge in [-0.25, -0.2) is 0 Å². The van der Waals surface area contributed by atoms with Crippen LogP contribution in [0.15, 0.2) is 67.1 Å². The van der Waals surface area contributed by atoms with Crippen molar-refractivity contribution in [1.82, 2.24) is 19.5 Å². The Hall–Kier alpha value is -2.82. The summed E-state index contributed by atoms with van der Waals surface area (Å²) in [5.74, 6) is -2.43. The summed E-state index contributed by atoms with van der Waals surface area (Å²) in [6.07, 6.45) is 5.21. The zero-order valence-electron chi connectivity index (χ0n) is 25.4. The SMILES string of the molecule is CCC[CH2][Sn]([CH2]CCC)([CH2]CCC)[c]1cn(-c2nc(-c3ccc(F)c(F)c3)cc(C(F)(F)F)n2)cn1.Cc1ccccc1. The molecule has 10 heteroatoms. The number of imidazole rings is 1. The number of unbranched alkanes of at least 4 members (excludes halogenated alkanes) is 3. The van der Waals surface area contributed by atoms with E-state index in [0.717, 1.165) is 73.7 Å². The van der Waals surface area contributed by atoms with Crippen LogP contribution in [-0.4, -0.2) is 37.9 Å². The van der Waals surface area contributed by atoms with Gasteiger partial charge in [-0.2, -0.15) is 0 Å². The predicted molar refractivity (Wildman–Crippen MR) is 165 cm³/mol. The molecule has 0 aliphatic heterocycles. The van der Waals surface area contributed by atoms with Crippen LogP contribution < -0.4 is 3.71 Å². The van der Waals surface area contributed by atoms with Gasteiger partial charge in [0.2, 0.25) is 0 Å². The number of alkyl halides is 3. The third kappa shape index (κ3) is 9.84. The number of hydrogen-bond acceptors (Lipinski definition) is 3. The first kappa shape index (κ1) is 34.7. The first-order chi connectivity index (χ1) is 20.5. The molecule has 43 heavy (non-hydrogen) atoms. The minimum Gasteiger partial charge on any atom is -0.0622 e. The van der Waals surface area contributed by atoms with Gasteiger partial charge in [0.25, 0.3) is 0 Å². The maximum absolute atomic E-state index is 13.8. The number of nitrogens with zero attached hydrogens (tertiary/aromatic N) is 4. The van der Waals surface area contributed by atoms with E-state index >= 15 is 0 Å². The first-order valence-electron chi connectivity index (χ1n) is 15.0. The fourth-order valence-corrected chi connectivity index (χ4v) is 20.3. The molecule has 2 heterocycles. The molecule has 0 aliphatic carbocycles. The minimum absolute atomic E-state index is 0.0331. The van der Waals surface area contributed by atoms with Crippen LogP contribution in [0.1, 0.15) is 70.6 Å². The van der Waals surface area contributed by atoms with Crippen molar-refractivity contribution in [2.24, 2.45) is 0 Å². The normalized spacial score (nSPS) is 11.7. The number of rotatable bonds is 12. The zero-order valence-corrected chi connectivity index (χ0v) is 28.2. The molecule has 0 radical (unpaired) electrons. The molecule has 0 saturated carbocycles. The molecular formula is C33H41F5N4Sn. The molecule has 0 N–H and O–H groups in total. The Morgan fingerprint density at radius 3 is 1.86 bits per heavy atom. The zero-order chi connectivity index (χ0) is 31.5. The Bertz CT molecular complexity index is 1400. The van der Waals surface area contributed by atoms with Gasteiger partial charge in [-0.15, -0.1) is 0 Å². The first-order valence-corrected chi connectivity index (χ1v) is 22.5. The van der Waals surface area contributed by atoms with E-state index in [-0.39, 0.29) is 17.2 Å². The summed E-state index contributed by atoms with van der Waals surface area (Å²) >= 11 is -2.92. The number of aromatic nitrogens is 4.